The van der Waals surface area contributed by atoms with E-state index >= 15 is 0 Å². The molecule has 1 unspecified atom stereocenters. The van der Waals surface area contributed by atoms with Crippen LogP contribution >= 0.6 is 0 Å². The normalized spacial score (nSPS) is 22.5. The molecule has 1 heterocycles. The molecule has 5 heteroatoms. The summed E-state index contributed by atoms with van der Waals surface area (Å²) in [4.78, 5) is 11.3. The highest BCUT2D eigenvalue weighted by Crippen LogP contribution is 2.31. The molecule has 1 amide bonds. The highest BCUT2D eigenvalue weighted by molar-refractivity contribution is 5.71. The maximum Gasteiger partial charge on any atom is 0.408 e. The number of methoxy groups -OCH3 is 1. The van der Waals surface area contributed by atoms with Crippen molar-refractivity contribution in [2.75, 3.05) is 20.2 Å². The van der Waals surface area contributed by atoms with Gasteiger partial charge >= 0.3 is 6.09 Å². The zero-order valence-electron chi connectivity index (χ0n) is 10.7. The first-order valence-corrected chi connectivity index (χ1v) is 5.99. The first kappa shape index (κ1) is 12.7. The van der Waals surface area contributed by atoms with Crippen LogP contribution in [0.5, 0.6) is 5.75 Å². The van der Waals surface area contributed by atoms with Crippen molar-refractivity contribution < 1.29 is 14.3 Å². The second-order valence-electron chi connectivity index (χ2n) is 4.32. The van der Waals surface area contributed by atoms with Gasteiger partial charge in [-0.3, -0.25) is 0 Å². The third-order valence-corrected chi connectivity index (χ3v) is 3.32. The summed E-state index contributed by atoms with van der Waals surface area (Å²) < 4.78 is 10.6. The molecule has 1 aromatic carbocycles. The van der Waals surface area contributed by atoms with Crippen LogP contribution in [0.25, 0.3) is 0 Å². The van der Waals surface area contributed by atoms with E-state index < -0.39 is 11.7 Å². The molecule has 0 spiro atoms. The third kappa shape index (κ3) is 2.01. The minimum Gasteiger partial charge on any atom is -0.496 e. The van der Waals surface area contributed by atoms with Crippen molar-refractivity contribution in [3.8, 4) is 5.75 Å². The Labute approximate surface area is 106 Å². The molecule has 1 aliphatic heterocycles. The quantitative estimate of drug-likeness (QED) is 0.840. The summed E-state index contributed by atoms with van der Waals surface area (Å²) >= 11 is 0. The molecule has 0 radical (unpaired) electrons. The molecule has 98 valence electrons. The zero-order valence-corrected chi connectivity index (χ0v) is 10.7. The molecule has 1 aromatic rings. The van der Waals surface area contributed by atoms with Crippen molar-refractivity contribution in [1.29, 1.82) is 0 Å². The van der Waals surface area contributed by atoms with Crippen LogP contribution in [0.15, 0.2) is 18.2 Å². The second kappa shape index (κ2) is 4.86. The van der Waals surface area contributed by atoms with Gasteiger partial charge in [0.1, 0.15) is 5.75 Å². The van der Waals surface area contributed by atoms with Gasteiger partial charge in [-0.1, -0.05) is 13.0 Å². The predicted octanol–water partition coefficient (Wildman–Crippen LogP) is 1.15. The number of benzene rings is 1. The number of alkyl carbamates (subject to hydrolysis) is 1. The minimum atomic E-state index is -0.757. The van der Waals surface area contributed by atoms with Crippen molar-refractivity contribution in [1.82, 2.24) is 5.32 Å². The third-order valence-electron chi connectivity index (χ3n) is 3.32. The molecule has 2 rings (SSSR count). The lowest BCUT2D eigenvalue weighted by Crippen LogP contribution is -2.38. The van der Waals surface area contributed by atoms with Crippen LogP contribution in [0, 0.1) is 0 Å². The Morgan fingerprint density at radius 2 is 2.33 bits per heavy atom. The topological polar surface area (TPSA) is 73.6 Å². The number of hydrogen-bond acceptors (Lipinski definition) is 4. The van der Waals surface area contributed by atoms with Gasteiger partial charge in [0.2, 0.25) is 0 Å². The van der Waals surface area contributed by atoms with Crippen molar-refractivity contribution in [3.63, 3.8) is 0 Å². The van der Waals surface area contributed by atoms with Gasteiger partial charge in [-0.05, 0) is 29.7 Å². The van der Waals surface area contributed by atoms with E-state index in [0.717, 1.165) is 23.3 Å². The molecule has 1 aliphatic rings. The lowest BCUT2D eigenvalue weighted by atomic mass is 9.92. The van der Waals surface area contributed by atoms with Crippen LogP contribution in [0.3, 0.4) is 0 Å². The van der Waals surface area contributed by atoms with Gasteiger partial charge in [0, 0.05) is 6.54 Å². The minimum absolute atomic E-state index is 0.251. The Balaban J connectivity index is 2.40. The van der Waals surface area contributed by atoms with Gasteiger partial charge in [0.25, 0.3) is 0 Å². The van der Waals surface area contributed by atoms with E-state index in [0.29, 0.717) is 6.54 Å². The van der Waals surface area contributed by atoms with E-state index in [1.165, 1.54) is 0 Å². The van der Waals surface area contributed by atoms with Gasteiger partial charge in [0.15, 0.2) is 5.60 Å². The maximum absolute atomic E-state index is 11.3. The van der Waals surface area contributed by atoms with E-state index in [9.17, 15) is 4.79 Å². The summed E-state index contributed by atoms with van der Waals surface area (Å²) in [5.74, 6) is 0.839. The fraction of sp³-hybridized carbons (Fsp3) is 0.462. The Bertz CT molecular complexity index is 462. The molecule has 0 aliphatic carbocycles. The van der Waals surface area contributed by atoms with E-state index in [4.69, 9.17) is 15.2 Å². The average Bonchev–Trinajstić information content (AvgIpc) is 2.80. The summed E-state index contributed by atoms with van der Waals surface area (Å²) in [7, 11) is 1.64. The predicted molar refractivity (Wildman–Crippen MR) is 67.6 cm³/mol. The monoisotopic (exact) mass is 250 g/mol. The van der Waals surface area contributed by atoms with Crippen molar-refractivity contribution in [2.45, 2.75) is 18.9 Å². The van der Waals surface area contributed by atoms with Gasteiger partial charge < -0.3 is 20.5 Å². The van der Waals surface area contributed by atoms with E-state index in [2.05, 4.69) is 12.2 Å². The van der Waals surface area contributed by atoms with E-state index in [1.807, 2.05) is 18.2 Å². The molecule has 1 fully saturated rings. The maximum atomic E-state index is 11.3. The Kier molecular flexibility index (Phi) is 3.43. The molecule has 0 saturated carbocycles. The lowest BCUT2D eigenvalue weighted by Gasteiger charge is -2.26. The molecule has 1 atom stereocenters. The number of amides is 1. The lowest BCUT2D eigenvalue weighted by molar-refractivity contribution is 0.0616. The number of aryl methyl sites for hydroxylation is 1. The number of nitrogens with one attached hydrogen (secondary N) is 1. The van der Waals surface area contributed by atoms with Gasteiger partial charge in [-0.15, -0.1) is 0 Å². The van der Waals surface area contributed by atoms with Crippen LogP contribution in [0.4, 0.5) is 4.79 Å². The summed E-state index contributed by atoms with van der Waals surface area (Å²) in [5.41, 5.74) is 7.00. The fourth-order valence-corrected chi connectivity index (χ4v) is 2.20. The molecule has 5 nitrogen and oxygen atoms in total. The van der Waals surface area contributed by atoms with Crippen molar-refractivity contribution >= 4 is 6.09 Å². The number of hydrogen-bond donors (Lipinski definition) is 2. The van der Waals surface area contributed by atoms with Crippen LogP contribution in [-0.2, 0) is 16.8 Å². The molecular formula is C13H18N2O3. The largest absolute Gasteiger partial charge is 0.496 e. The fourth-order valence-electron chi connectivity index (χ4n) is 2.20. The smallest absolute Gasteiger partial charge is 0.408 e. The number of cyclic esters (lactones) is 1. The van der Waals surface area contributed by atoms with Crippen molar-refractivity contribution in [3.05, 3.63) is 29.3 Å². The summed E-state index contributed by atoms with van der Waals surface area (Å²) in [5, 5.41) is 2.65. The second-order valence-corrected chi connectivity index (χ2v) is 4.32. The molecule has 0 bridgehead atoms. The molecule has 18 heavy (non-hydrogen) atoms. The molecule has 0 aromatic heterocycles. The number of ether oxygens (including phenoxy) is 2. The standard InChI is InChI=1S/C13H18N2O3/c1-3-9-6-10(4-5-11(9)17-2)13(7-14)8-15-12(16)18-13/h4-6H,3,7-8,14H2,1-2H3,(H,15,16). The molecule has 3 N–H and O–H groups in total. The SMILES string of the molecule is CCc1cc(C2(CN)CNC(=O)O2)ccc1OC. The Hall–Kier alpha value is -1.75. The molecular weight excluding hydrogens is 232 g/mol. The first-order valence-electron chi connectivity index (χ1n) is 5.99. The van der Waals surface area contributed by atoms with Gasteiger partial charge in [-0.25, -0.2) is 4.79 Å². The number of nitrogens with two attached hydrogens (primary N) is 1. The average molecular weight is 250 g/mol. The first-order chi connectivity index (χ1) is 8.65. The van der Waals surface area contributed by atoms with Crippen LogP contribution in [0.1, 0.15) is 18.1 Å². The highest BCUT2D eigenvalue weighted by atomic mass is 16.6. The van der Waals surface area contributed by atoms with E-state index in [1.54, 1.807) is 7.11 Å². The van der Waals surface area contributed by atoms with Crippen LogP contribution in [0.2, 0.25) is 0 Å². The highest BCUT2D eigenvalue weighted by Gasteiger charge is 2.41. The van der Waals surface area contributed by atoms with Crippen molar-refractivity contribution in [2.24, 2.45) is 5.73 Å². The van der Waals surface area contributed by atoms with Gasteiger partial charge in [0.05, 0.1) is 13.7 Å². The van der Waals surface area contributed by atoms with Crippen LogP contribution < -0.4 is 15.8 Å². The summed E-state index contributed by atoms with van der Waals surface area (Å²) in [6, 6.07) is 5.77. The summed E-state index contributed by atoms with van der Waals surface area (Å²) in [6.45, 7) is 2.70. The van der Waals surface area contributed by atoms with Gasteiger partial charge in [-0.2, -0.15) is 0 Å². The molecule has 1 saturated heterocycles. The number of carbonyl (C=O) groups excluding carboxylic acids is 1. The number of carbonyl (C=O) groups is 1. The van der Waals surface area contributed by atoms with E-state index in [-0.39, 0.29) is 6.54 Å². The zero-order chi connectivity index (χ0) is 13.2. The van der Waals surface area contributed by atoms with Crippen LogP contribution in [-0.4, -0.2) is 26.3 Å². The number of rotatable bonds is 4. The Morgan fingerprint density at radius 3 is 2.83 bits per heavy atom. The summed E-state index contributed by atoms with van der Waals surface area (Å²) in [6.07, 6.45) is 0.424. The Morgan fingerprint density at radius 1 is 1.56 bits per heavy atom.